The van der Waals surface area contributed by atoms with Crippen molar-refractivity contribution in [3.05, 3.63) is 47.7 Å². The molecular formula is C14H9F3O4S. The summed E-state index contributed by atoms with van der Waals surface area (Å²) in [6.45, 7) is 0. The summed E-state index contributed by atoms with van der Waals surface area (Å²) in [6.07, 6.45) is 4.70. The van der Waals surface area contributed by atoms with Crippen LogP contribution in [0.3, 0.4) is 0 Å². The molecule has 0 aliphatic heterocycles. The van der Waals surface area contributed by atoms with Crippen molar-refractivity contribution < 1.29 is 30.2 Å². The Morgan fingerprint density at radius 3 is 2.64 bits per heavy atom. The molecule has 0 bridgehead atoms. The van der Waals surface area contributed by atoms with Gasteiger partial charge in [-0.1, -0.05) is 24.3 Å². The summed E-state index contributed by atoms with van der Waals surface area (Å²) in [7, 11) is -5.74. The van der Waals surface area contributed by atoms with E-state index in [4.69, 9.17) is 4.42 Å². The summed E-state index contributed by atoms with van der Waals surface area (Å²) in [4.78, 5) is 0. The van der Waals surface area contributed by atoms with E-state index in [2.05, 4.69) is 4.18 Å². The Morgan fingerprint density at radius 1 is 1.18 bits per heavy atom. The zero-order chi connectivity index (χ0) is 16.0. The summed E-state index contributed by atoms with van der Waals surface area (Å²) < 4.78 is 69.9. The van der Waals surface area contributed by atoms with E-state index in [-0.39, 0.29) is 23.5 Å². The van der Waals surface area contributed by atoms with Crippen LogP contribution in [-0.2, 0) is 14.3 Å². The first-order valence-corrected chi connectivity index (χ1v) is 7.60. The molecule has 2 aromatic rings. The largest absolute Gasteiger partial charge is 0.534 e. The van der Waals surface area contributed by atoms with Crippen molar-refractivity contribution in [1.29, 1.82) is 0 Å². The van der Waals surface area contributed by atoms with E-state index in [9.17, 15) is 21.6 Å². The molecule has 0 spiro atoms. The molecule has 0 atom stereocenters. The van der Waals surface area contributed by atoms with E-state index in [0.717, 1.165) is 0 Å². The van der Waals surface area contributed by atoms with Crippen LogP contribution < -0.4 is 0 Å². The molecule has 22 heavy (non-hydrogen) atoms. The van der Waals surface area contributed by atoms with E-state index < -0.39 is 15.6 Å². The van der Waals surface area contributed by atoms with Gasteiger partial charge in [0.15, 0.2) is 5.76 Å². The van der Waals surface area contributed by atoms with Crippen LogP contribution in [0, 0.1) is 0 Å². The second-order valence-electron chi connectivity index (χ2n) is 4.53. The van der Waals surface area contributed by atoms with Crippen molar-refractivity contribution in [3.8, 4) is 0 Å². The van der Waals surface area contributed by atoms with Crippen LogP contribution in [0.4, 0.5) is 13.2 Å². The summed E-state index contributed by atoms with van der Waals surface area (Å²) in [6, 6.07) is 6.62. The SMILES string of the molecule is O=S(=O)(OC1=CCC=Cc2oc3ccccc3c21)C(F)(F)F. The molecule has 4 nitrogen and oxygen atoms in total. The Morgan fingerprint density at radius 2 is 1.91 bits per heavy atom. The fourth-order valence-corrected chi connectivity index (χ4v) is 2.61. The molecule has 0 N–H and O–H groups in total. The summed E-state index contributed by atoms with van der Waals surface area (Å²) in [5.41, 5.74) is -4.87. The number of hydrogen-bond acceptors (Lipinski definition) is 4. The number of hydrogen-bond donors (Lipinski definition) is 0. The Balaban J connectivity index is 2.15. The van der Waals surface area contributed by atoms with Gasteiger partial charge < -0.3 is 8.60 Å². The molecule has 0 radical (unpaired) electrons. The van der Waals surface area contributed by atoms with E-state index in [1.54, 1.807) is 36.4 Å². The summed E-state index contributed by atoms with van der Waals surface area (Å²) in [5.74, 6) is -0.135. The molecule has 1 aliphatic carbocycles. The minimum absolute atomic E-state index is 0.192. The van der Waals surface area contributed by atoms with Crippen LogP contribution in [0.25, 0.3) is 22.8 Å². The maximum atomic E-state index is 12.5. The Labute approximate surface area is 123 Å². The fourth-order valence-electron chi connectivity index (χ4n) is 2.13. The molecule has 1 aromatic heterocycles. The van der Waals surface area contributed by atoms with Crippen LogP contribution in [0.15, 0.2) is 40.8 Å². The monoisotopic (exact) mass is 330 g/mol. The van der Waals surface area contributed by atoms with Gasteiger partial charge in [0.05, 0.1) is 5.56 Å². The molecule has 3 rings (SSSR count). The standard InChI is InChI=1S/C14H9F3O4S/c15-14(16,17)22(18,19)21-12-8-4-3-7-11-13(12)9-5-1-2-6-10(9)20-11/h1-3,5-8H,4H2. The lowest BCUT2D eigenvalue weighted by molar-refractivity contribution is -0.0509. The second kappa shape index (κ2) is 4.91. The van der Waals surface area contributed by atoms with Crippen LogP contribution >= 0.6 is 0 Å². The quantitative estimate of drug-likeness (QED) is 0.615. The average Bonchev–Trinajstić information content (AvgIpc) is 2.68. The van der Waals surface area contributed by atoms with E-state index in [1.807, 2.05) is 0 Å². The number of rotatable bonds is 2. The highest BCUT2D eigenvalue weighted by atomic mass is 32.2. The number of benzene rings is 1. The highest BCUT2D eigenvalue weighted by Gasteiger charge is 2.49. The highest BCUT2D eigenvalue weighted by molar-refractivity contribution is 7.87. The van der Waals surface area contributed by atoms with Gasteiger partial charge in [-0.3, -0.25) is 0 Å². The lowest BCUT2D eigenvalue weighted by Gasteiger charge is -2.12. The van der Waals surface area contributed by atoms with Gasteiger partial charge in [0.2, 0.25) is 0 Å². The van der Waals surface area contributed by atoms with Gasteiger partial charge in [-0.2, -0.15) is 21.6 Å². The van der Waals surface area contributed by atoms with E-state index >= 15 is 0 Å². The first kappa shape index (κ1) is 14.7. The van der Waals surface area contributed by atoms with Crippen LogP contribution in [0.5, 0.6) is 0 Å². The molecule has 116 valence electrons. The summed E-state index contributed by atoms with van der Waals surface area (Å²) in [5, 5.41) is 0.479. The van der Waals surface area contributed by atoms with Crippen molar-refractivity contribution in [1.82, 2.24) is 0 Å². The van der Waals surface area contributed by atoms with Gasteiger partial charge in [-0.15, -0.1) is 0 Å². The number of fused-ring (bicyclic) bond motifs is 3. The van der Waals surface area contributed by atoms with E-state index in [0.29, 0.717) is 11.0 Å². The molecule has 0 fully saturated rings. The summed E-state index contributed by atoms with van der Waals surface area (Å²) >= 11 is 0. The van der Waals surface area contributed by atoms with E-state index in [1.165, 1.54) is 6.08 Å². The van der Waals surface area contributed by atoms with Gasteiger partial charge in [0.1, 0.15) is 11.3 Å². The molecule has 0 saturated carbocycles. The topological polar surface area (TPSA) is 56.5 Å². The van der Waals surface area contributed by atoms with Gasteiger partial charge in [-0.05, 0) is 24.6 Å². The lowest BCUT2D eigenvalue weighted by atomic mass is 10.1. The molecule has 0 unspecified atom stereocenters. The number of furan rings is 1. The minimum atomic E-state index is -5.74. The van der Waals surface area contributed by atoms with Gasteiger partial charge in [-0.25, -0.2) is 0 Å². The predicted octanol–water partition coefficient (Wildman–Crippen LogP) is 4.06. The van der Waals surface area contributed by atoms with Crippen LogP contribution in [-0.4, -0.2) is 13.9 Å². The maximum absolute atomic E-state index is 12.5. The zero-order valence-corrected chi connectivity index (χ0v) is 11.7. The lowest BCUT2D eigenvalue weighted by Crippen LogP contribution is -2.25. The minimum Gasteiger partial charge on any atom is -0.456 e. The third-order valence-electron chi connectivity index (χ3n) is 3.06. The number of alkyl halides is 3. The average molecular weight is 330 g/mol. The molecule has 0 amide bonds. The highest BCUT2D eigenvalue weighted by Crippen LogP contribution is 2.38. The Hall–Kier alpha value is -2.22. The van der Waals surface area contributed by atoms with Crippen molar-refractivity contribution >= 4 is 32.9 Å². The fraction of sp³-hybridized carbons (Fsp3) is 0.143. The van der Waals surface area contributed by atoms with Crippen molar-refractivity contribution in [2.45, 2.75) is 11.9 Å². The number of allylic oxidation sites excluding steroid dienone is 2. The number of halogens is 3. The first-order chi connectivity index (χ1) is 10.3. The molecule has 8 heteroatoms. The normalized spacial score (nSPS) is 15.3. The van der Waals surface area contributed by atoms with Crippen LogP contribution in [0.2, 0.25) is 0 Å². The van der Waals surface area contributed by atoms with Crippen molar-refractivity contribution in [3.63, 3.8) is 0 Å². The number of para-hydroxylation sites is 1. The van der Waals surface area contributed by atoms with Gasteiger partial charge in [0, 0.05) is 5.39 Å². The smallest absolute Gasteiger partial charge is 0.456 e. The van der Waals surface area contributed by atoms with Crippen LogP contribution in [0.1, 0.15) is 17.7 Å². The molecule has 0 saturated heterocycles. The van der Waals surface area contributed by atoms with Crippen molar-refractivity contribution in [2.24, 2.45) is 0 Å². The molecular weight excluding hydrogens is 321 g/mol. The maximum Gasteiger partial charge on any atom is 0.534 e. The third-order valence-corrected chi connectivity index (χ3v) is 4.03. The molecule has 1 aliphatic rings. The van der Waals surface area contributed by atoms with Gasteiger partial charge in [0.25, 0.3) is 0 Å². The Bertz CT molecular complexity index is 888. The van der Waals surface area contributed by atoms with Crippen molar-refractivity contribution in [2.75, 3.05) is 0 Å². The van der Waals surface area contributed by atoms with Gasteiger partial charge >= 0.3 is 15.6 Å². The molecule has 1 aromatic carbocycles. The first-order valence-electron chi connectivity index (χ1n) is 6.19. The second-order valence-corrected chi connectivity index (χ2v) is 6.06. The molecule has 1 heterocycles. The predicted molar refractivity (Wildman–Crippen MR) is 73.9 cm³/mol. The Kier molecular flexibility index (Phi) is 3.28. The third kappa shape index (κ3) is 2.39. The zero-order valence-electron chi connectivity index (χ0n) is 10.9.